The number of rotatable bonds is 7. The van der Waals surface area contributed by atoms with Crippen LogP contribution < -0.4 is 4.74 Å². The Labute approximate surface area is 158 Å². The average Bonchev–Trinajstić information content (AvgIpc) is 3.30. The fourth-order valence-electron chi connectivity index (χ4n) is 3.06. The Kier molecular flexibility index (Phi) is 6.16. The molecule has 1 aromatic heterocycles. The summed E-state index contributed by atoms with van der Waals surface area (Å²) in [6.45, 7) is 4.37. The molecule has 0 saturated carbocycles. The minimum absolute atomic E-state index is 0.0595. The van der Waals surface area contributed by atoms with Crippen LogP contribution in [-0.2, 0) is 17.8 Å². The molecule has 1 atom stereocenters. The van der Waals surface area contributed by atoms with Gasteiger partial charge in [-0.05, 0) is 37.5 Å². The van der Waals surface area contributed by atoms with Crippen LogP contribution in [-0.4, -0.2) is 47.0 Å². The Morgan fingerprint density at radius 3 is 2.77 bits per heavy atom. The molecule has 1 aliphatic rings. The molecule has 0 unspecified atom stereocenters. The number of nitrogens with zero attached hydrogens (tertiary/aromatic N) is 3. The zero-order valence-electron chi connectivity index (χ0n) is 15.2. The highest BCUT2D eigenvalue weighted by atomic mass is 35.5. The molecule has 0 radical (unpaired) electrons. The predicted molar refractivity (Wildman–Crippen MR) is 99.6 cm³/mol. The highest BCUT2D eigenvalue weighted by molar-refractivity contribution is 6.33. The number of amides is 1. The first-order chi connectivity index (χ1) is 12.6. The molecule has 1 amide bonds. The summed E-state index contributed by atoms with van der Waals surface area (Å²) in [4.78, 5) is 14.9. The zero-order valence-corrected chi connectivity index (χ0v) is 15.9. The van der Waals surface area contributed by atoms with Gasteiger partial charge in [0.2, 0.25) is 0 Å². The van der Waals surface area contributed by atoms with E-state index in [1.807, 2.05) is 31.2 Å². The van der Waals surface area contributed by atoms with Crippen molar-refractivity contribution in [3.8, 4) is 5.75 Å². The summed E-state index contributed by atoms with van der Waals surface area (Å²) >= 11 is 6.24. The normalized spacial score (nSPS) is 16.7. The number of carbonyl (C=O) groups excluding carboxylic acids is 1. The van der Waals surface area contributed by atoms with E-state index >= 15 is 0 Å². The molecule has 0 bridgehead atoms. The number of carbonyl (C=O) groups is 1. The second-order valence-electron chi connectivity index (χ2n) is 6.35. The van der Waals surface area contributed by atoms with Crippen LogP contribution in [0.5, 0.6) is 5.75 Å². The van der Waals surface area contributed by atoms with Gasteiger partial charge in [-0.25, -0.2) is 0 Å². The van der Waals surface area contributed by atoms with Crippen LogP contribution >= 0.6 is 11.6 Å². The molecular formula is C19H24ClN3O3. The molecule has 1 aliphatic heterocycles. The maximum atomic E-state index is 13.1. The number of benzene rings is 1. The van der Waals surface area contributed by atoms with Gasteiger partial charge in [0.15, 0.2) is 5.69 Å². The lowest BCUT2D eigenvalue weighted by Gasteiger charge is -2.25. The lowest BCUT2D eigenvalue weighted by atomic mass is 10.1. The van der Waals surface area contributed by atoms with Gasteiger partial charge < -0.3 is 14.4 Å². The first-order valence-electron chi connectivity index (χ1n) is 8.87. The topological polar surface area (TPSA) is 56.6 Å². The van der Waals surface area contributed by atoms with Crippen molar-refractivity contribution in [2.75, 3.05) is 20.3 Å². The minimum Gasteiger partial charge on any atom is -0.497 e. The Morgan fingerprint density at radius 2 is 2.19 bits per heavy atom. The van der Waals surface area contributed by atoms with E-state index < -0.39 is 0 Å². The number of hydrogen-bond donors (Lipinski definition) is 0. The van der Waals surface area contributed by atoms with Gasteiger partial charge in [0.25, 0.3) is 5.91 Å². The standard InChI is InChI=1S/C19H24ClN3O3/c1-3-23-13-17(20)18(21-23)19(24)22(12-16-5-4-10-26-16)11-14-6-8-15(25-2)9-7-14/h6-9,13,16H,3-5,10-12H2,1-2H3/t16-/m0/s1. The minimum atomic E-state index is -0.173. The first kappa shape index (κ1) is 18.7. The number of aromatic nitrogens is 2. The lowest BCUT2D eigenvalue weighted by molar-refractivity contribution is 0.0502. The maximum absolute atomic E-state index is 13.1. The summed E-state index contributed by atoms with van der Waals surface area (Å²) in [6.07, 6.45) is 3.74. The molecule has 140 valence electrons. The van der Waals surface area contributed by atoms with Gasteiger partial charge in [-0.2, -0.15) is 5.10 Å². The molecule has 3 rings (SSSR count). The SMILES string of the molecule is CCn1cc(Cl)c(C(=O)N(Cc2ccc(OC)cc2)C[C@@H]2CCCO2)n1. The number of halogens is 1. The predicted octanol–water partition coefficient (Wildman–Crippen LogP) is 3.39. The van der Waals surface area contributed by atoms with Crippen molar-refractivity contribution < 1.29 is 14.3 Å². The number of hydrogen-bond acceptors (Lipinski definition) is 4. The van der Waals surface area contributed by atoms with Gasteiger partial charge in [-0.15, -0.1) is 0 Å². The number of aryl methyl sites for hydroxylation is 1. The molecule has 7 heteroatoms. The fourth-order valence-corrected chi connectivity index (χ4v) is 3.29. The third-order valence-electron chi connectivity index (χ3n) is 4.51. The Balaban J connectivity index is 1.81. The Hall–Kier alpha value is -2.05. The highest BCUT2D eigenvalue weighted by Crippen LogP contribution is 2.21. The smallest absolute Gasteiger partial charge is 0.276 e. The van der Waals surface area contributed by atoms with Crippen molar-refractivity contribution in [1.29, 1.82) is 0 Å². The molecule has 1 aromatic carbocycles. The zero-order chi connectivity index (χ0) is 18.5. The van der Waals surface area contributed by atoms with Crippen LogP contribution in [0.4, 0.5) is 0 Å². The molecule has 0 aliphatic carbocycles. The van der Waals surface area contributed by atoms with Gasteiger partial charge in [0.1, 0.15) is 5.75 Å². The van der Waals surface area contributed by atoms with Crippen LogP contribution in [0.3, 0.4) is 0 Å². The van der Waals surface area contributed by atoms with Crippen LogP contribution in [0.25, 0.3) is 0 Å². The summed E-state index contributed by atoms with van der Waals surface area (Å²) < 4.78 is 12.6. The van der Waals surface area contributed by atoms with Crippen LogP contribution in [0.15, 0.2) is 30.5 Å². The van der Waals surface area contributed by atoms with Crippen molar-refractivity contribution in [2.45, 2.75) is 39.0 Å². The van der Waals surface area contributed by atoms with Crippen molar-refractivity contribution in [1.82, 2.24) is 14.7 Å². The summed E-state index contributed by atoms with van der Waals surface area (Å²) in [5.74, 6) is 0.615. The first-order valence-corrected chi connectivity index (χ1v) is 9.25. The van der Waals surface area contributed by atoms with Crippen molar-refractivity contribution >= 4 is 17.5 Å². The third-order valence-corrected chi connectivity index (χ3v) is 4.79. The van der Waals surface area contributed by atoms with E-state index in [4.69, 9.17) is 21.1 Å². The maximum Gasteiger partial charge on any atom is 0.276 e. The molecule has 1 saturated heterocycles. The summed E-state index contributed by atoms with van der Waals surface area (Å²) in [5.41, 5.74) is 1.31. The second kappa shape index (κ2) is 8.56. The fraction of sp³-hybridized carbons (Fsp3) is 0.474. The van der Waals surface area contributed by atoms with Crippen molar-refractivity contribution in [3.63, 3.8) is 0 Å². The van der Waals surface area contributed by atoms with Crippen LogP contribution in [0.2, 0.25) is 5.02 Å². The van der Waals surface area contributed by atoms with Crippen molar-refractivity contribution in [2.24, 2.45) is 0 Å². The van der Waals surface area contributed by atoms with E-state index in [2.05, 4.69) is 5.10 Å². The molecule has 6 nitrogen and oxygen atoms in total. The van der Waals surface area contributed by atoms with Crippen molar-refractivity contribution in [3.05, 3.63) is 46.7 Å². The number of methoxy groups -OCH3 is 1. The summed E-state index contributed by atoms with van der Waals surface area (Å²) in [5, 5.41) is 4.70. The third kappa shape index (κ3) is 4.37. The summed E-state index contributed by atoms with van der Waals surface area (Å²) in [7, 11) is 1.63. The van der Waals surface area contributed by atoms with E-state index in [1.165, 1.54) is 0 Å². The quantitative estimate of drug-likeness (QED) is 0.742. The van der Waals surface area contributed by atoms with Gasteiger partial charge in [0, 0.05) is 32.4 Å². The monoisotopic (exact) mass is 377 g/mol. The van der Waals surface area contributed by atoms with Gasteiger partial charge >= 0.3 is 0 Å². The number of ether oxygens (including phenoxy) is 2. The van der Waals surface area contributed by atoms with Crippen LogP contribution in [0.1, 0.15) is 35.8 Å². The molecule has 26 heavy (non-hydrogen) atoms. The molecule has 1 fully saturated rings. The van der Waals surface area contributed by atoms with E-state index in [0.29, 0.717) is 30.4 Å². The summed E-state index contributed by atoms with van der Waals surface area (Å²) in [6, 6.07) is 7.70. The highest BCUT2D eigenvalue weighted by Gasteiger charge is 2.26. The average molecular weight is 378 g/mol. The lowest BCUT2D eigenvalue weighted by Crippen LogP contribution is -2.37. The Morgan fingerprint density at radius 1 is 1.42 bits per heavy atom. The largest absolute Gasteiger partial charge is 0.497 e. The van der Waals surface area contributed by atoms with Gasteiger partial charge in [0.05, 0.1) is 18.2 Å². The second-order valence-corrected chi connectivity index (χ2v) is 6.76. The molecule has 0 spiro atoms. The molecule has 2 aromatic rings. The molecular weight excluding hydrogens is 354 g/mol. The Bertz CT molecular complexity index is 739. The molecule has 2 heterocycles. The molecule has 0 N–H and O–H groups in total. The van der Waals surface area contributed by atoms with Gasteiger partial charge in [-0.3, -0.25) is 9.48 Å². The van der Waals surface area contributed by atoms with E-state index in [0.717, 1.165) is 30.8 Å². The van der Waals surface area contributed by atoms with Crippen LogP contribution in [0, 0.1) is 0 Å². The van der Waals surface area contributed by atoms with E-state index in [-0.39, 0.29) is 12.0 Å². The van der Waals surface area contributed by atoms with Gasteiger partial charge in [-0.1, -0.05) is 23.7 Å². The van der Waals surface area contributed by atoms with E-state index in [1.54, 1.807) is 22.9 Å². The van der Waals surface area contributed by atoms with E-state index in [9.17, 15) is 4.79 Å².